The molecule has 1 heterocycles. The second kappa shape index (κ2) is 7.34. The van der Waals surface area contributed by atoms with Crippen molar-refractivity contribution >= 4 is 17.6 Å². The second-order valence-corrected chi connectivity index (χ2v) is 5.30. The van der Waals surface area contributed by atoms with Crippen molar-refractivity contribution in [1.82, 2.24) is 4.90 Å². The van der Waals surface area contributed by atoms with Crippen molar-refractivity contribution in [2.75, 3.05) is 27.9 Å². The summed E-state index contributed by atoms with van der Waals surface area (Å²) in [7, 11) is 3.77. The first-order chi connectivity index (χ1) is 11.8. The number of benzene rings is 1. The Bertz CT molecular complexity index is 705. The summed E-state index contributed by atoms with van der Waals surface area (Å²) in [6, 6.07) is 1.04. The number of nitro groups is 1. The summed E-state index contributed by atoms with van der Waals surface area (Å²) >= 11 is 0. The minimum absolute atomic E-state index is 0.0608. The summed E-state index contributed by atoms with van der Waals surface area (Å²) in [6.07, 6.45) is -0.942. The molecule has 0 aromatic heterocycles. The van der Waals surface area contributed by atoms with E-state index in [4.69, 9.17) is 9.47 Å². The van der Waals surface area contributed by atoms with Gasteiger partial charge >= 0.3 is 5.97 Å². The lowest BCUT2D eigenvalue weighted by molar-refractivity contribution is -0.385. The van der Waals surface area contributed by atoms with E-state index in [9.17, 15) is 24.8 Å². The number of ether oxygens (including phenoxy) is 3. The van der Waals surface area contributed by atoms with Crippen LogP contribution in [0.2, 0.25) is 0 Å². The first-order valence-electron chi connectivity index (χ1n) is 7.33. The van der Waals surface area contributed by atoms with Gasteiger partial charge in [-0.1, -0.05) is 0 Å². The molecule has 2 atom stereocenters. The van der Waals surface area contributed by atoms with Gasteiger partial charge in [-0.25, -0.2) is 4.79 Å². The number of likely N-dealkylation sites (tertiary alicyclic amines) is 1. The number of rotatable bonds is 5. The average Bonchev–Trinajstić information content (AvgIpc) is 3.00. The molecule has 0 unspecified atom stereocenters. The number of aliphatic hydroxyl groups is 1. The maximum Gasteiger partial charge on any atom is 0.331 e. The standard InChI is InChI=1S/C15H18N2O8/c1-23-11-6-8(9(17(21)22)7-12(11)24-2)14(19)16-5-4-10(18)13(16)15(20)25-3/h6-7,10,13,18H,4-5H2,1-3H3/t10-,13-/m0/s1. The van der Waals surface area contributed by atoms with Crippen LogP contribution in [0.5, 0.6) is 11.5 Å². The molecule has 0 saturated carbocycles. The van der Waals surface area contributed by atoms with E-state index in [1.807, 2.05) is 0 Å². The Balaban J connectivity index is 2.51. The molecule has 1 N–H and O–H groups in total. The molecule has 0 aliphatic carbocycles. The Labute approximate surface area is 143 Å². The predicted molar refractivity (Wildman–Crippen MR) is 83.7 cm³/mol. The first kappa shape index (κ1) is 18.5. The summed E-state index contributed by atoms with van der Waals surface area (Å²) in [6.45, 7) is 0.0608. The van der Waals surface area contributed by atoms with Crippen LogP contribution in [0.25, 0.3) is 0 Å². The van der Waals surface area contributed by atoms with Crippen molar-refractivity contribution in [3.63, 3.8) is 0 Å². The molecule has 10 heteroatoms. The molecule has 1 aliphatic rings. The fourth-order valence-electron chi connectivity index (χ4n) is 2.75. The van der Waals surface area contributed by atoms with Crippen molar-refractivity contribution in [3.8, 4) is 11.5 Å². The molecule has 136 valence electrons. The van der Waals surface area contributed by atoms with Crippen LogP contribution in [-0.2, 0) is 9.53 Å². The van der Waals surface area contributed by atoms with Crippen LogP contribution < -0.4 is 9.47 Å². The fourth-order valence-corrected chi connectivity index (χ4v) is 2.75. The number of carbonyl (C=O) groups excluding carboxylic acids is 2. The number of aliphatic hydroxyl groups excluding tert-OH is 1. The highest BCUT2D eigenvalue weighted by molar-refractivity contribution is 6.01. The number of nitro benzene ring substituents is 1. The molecule has 0 spiro atoms. The molecule has 0 bridgehead atoms. The highest BCUT2D eigenvalue weighted by atomic mass is 16.6. The molecule has 10 nitrogen and oxygen atoms in total. The lowest BCUT2D eigenvalue weighted by Gasteiger charge is -2.24. The van der Waals surface area contributed by atoms with E-state index in [0.717, 1.165) is 18.1 Å². The number of carbonyl (C=O) groups is 2. The second-order valence-electron chi connectivity index (χ2n) is 5.30. The maximum absolute atomic E-state index is 12.8. The lowest BCUT2D eigenvalue weighted by Crippen LogP contribution is -2.45. The minimum Gasteiger partial charge on any atom is -0.493 e. The normalized spacial score (nSPS) is 19.4. The summed E-state index contributed by atoms with van der Waals surface area (Å²) < 4.78 is 14.7. The number of methoxy groups -OCH3 is 3. The third kappa shape index (κ3) is 3.33. The Morgan fingerprint density at radius 2 is 1.84 bits per heavy atom. The Kier molecular flexibility index (Phi) is 5.42. The monoisotopic (exact) mass is 354 g/mol. The largest absolute Gasteiger partial charge is 0.493 e. The zero-order valence-corrected chi connectivity index (χ0v) is 13.9. The molecule has 1 aromatic carbocycles. The van der Waals surface area contributed by atoms with E-state index in [-0.39, 0.29) is 30.0 Å². The van der Waals surface area contributed by atoms with Crippen molar-refractivity contribution in [3.05, 3.63) is 27.8 Å². The number of esters is 1. The van der Waals surface area contributed by atoms with E-state index in [0.29, 0.717) is 0 Å². The lowest BCUT2D eigenvalue weighted by atomic mass is 10.1. The van der Waals surface area contributed by atoms with Crippen LogP contribution >= 0.6 is 0 Å². The van der Waals surface area contributed by atoms with E-state index in [1.54, 1.807) is 0 Å². The highest BCUT2D eigenvalue weighted by Gasteiger charge is 2.43. The summed E-state index contributed by atoms with van der Waals surface area (Å²) in [4.78, 5) is 36.4. The molecule has 1 fully saturated rings. The summed E-state index contributed by atoms with van der Waals surface area (Å²) in [5, 5.41) is 21.3. The first-order valence-corrected chi connectivity index (χ1v) is 7.33. The molecule has 2 rings (SSSR count). The summed E-state index contributed by atoms with van der Waals surface area (Å²) in [5.74, 6) is -1.34. The van der Waals surface area contributed by atoms with Gasteiger partial charge in [0.1, 0.15) is 5.56 Å². The third-order valence-corrected chi connectivity index (χ3v) is 4.00. The Morgan fingerprint density at radius 1 is 1.24 bits per heavy atom. The fraction of sp³-hybridized carbons (Fsp3) is 0.467. The molecule has 1 aliphatic heterocycles. The molecule has 1 aromatic rings. The van der Waals surface area contributed by atoms with Gasteiger partial charge in [0.05, 0.1) is 38.4 Å². The average molecular weight is 354 g/mol. The van der Waals surface area contributed by atoms with Crippen LogP contribution in [0.4, 0.5) is 5.69 Å². The van der Waals surface area contributed by atoms with Crippen LogP contribution in [0.3, 0.4) is 0 Å². The van der Waals surface area contributed by atoms with E-state index in [2.05, 4.69) is 4.74 Å². The quantitative estimate of drug-likeness (QED) is 0.456. The van der Waals surface area contributed by atoms with Crippen molar-refractivity contribution < 1.29 is 33.8 Å². The smallest absolute Gasteiger partial charge is 0.331 e. The van der Waals surface area contributed by atoms with Gasteiger partial charge in [-0.3, -0.25) is 14.9 Å². The van der Waals surface area contributed by atoms with Crippen LogP contribution in [0.1, 0.15) is 16.8 Å². The number of hydrogen-bond donors (Lipinski definition) is 1. The van der Waals surface area contributed by atoms with Gasteiger partial charge in [-0.2, -0.15) is 0 Å². The van der Waals surface area contributed by atoms with Gasteiger partial charge < -0.3 is 24.2 Å². The van der Waals surface area contributed by atoms with E-state index >= 15 is 0 Å². The van der Waals surface area contributed by atoms with E-state index in [1.165, 1.54) is 20.3 Å². The van der Waals surface area contributed by atoms with Crippen molar-refractivity contribution in [1.29, 1.82) is 0 Å². The van der Waals surface area contributed by atoms with Gasteiger partial charge in [-0.15, -0.1) is 0 Å². The molecule has 0 radical (unpaired) electrons. The third-order valence-electron chi connectivity index (χ3n) is 4.00. The van der Waals surface area contributed by atoms with Crippen LogP contribution in [-0.4, -0.2) is 66.8 Å². The van der Waals surface area contributed by atoms with Crippen LogP contribution in [0, 0.1) is 10.1 Å². The van der Waals surface area contributed by atoms with Gasteiger partial charge in [0.2, 0.25) is 0 Å². The maximum atomic E-state index is 12.8. The molecular weight excluding hydrogens is 336 g/mol. The molecular formula is C15H18N2O8. The van der Waals surface area contributed by atoms with Gasteiger partial charge in [0, 0.05) is 12.6 Å². The van der Waals surface area contributed by atoms with Gasteiger partial charge in [0.15, 0.2) is 17.5 Å². The Morgan fingerprint density at radius 3 is 2.36 bits per heavy atom. The molecule has 25 heavy (non-hydrogen) atoms. The Hall–Kier alpha value is -2.88. The predicted octanol–water partition coefficient (Wildman–Crippen LogP) is 0.360. The minimum atomic E-state index is -1.22. The van der Waals surface area contributed by atoms with Crippen LogP contribution in [0.15, 0.2) is 12.1 Å². The highest BCUT2D eigenvalue weighted by Crippen LogP contribution is 2.36. The molecule has 1 saturated heterocycles. The zero-order valence-electron chi connectivity index (χ0n) is 13.9. The van der Waals surface area contributed by atoms with Gasteiger partial charge in [0.25, 0.3) is 11.6 Å². The van der Waals surface area contributed by atoms with E-state index < -0.39 is 34.6 Å². The van der Waals surface area contributed by atoms with Gasteiger partial charge in [-0.05, 0) is 6.42 Å². The molecule has 1 amide bonds. The van der Waals surface area contributed by atoms with Crippen molar-refractivity contribution in [2.45, 2.75) is 18.6 Å². The number of amides is 1. The van der Waals surface area contributed by atoms with Crippen molar-refractivity contribution in [2.24, 2.45) is 0 Å². The number of hydrogen-bond acceptors (Lipinski definition) is 8. The summed E-state index contributed by atoms with van der Waals surface area (Å²) in [5.41, 5.74) is -0.765. The number of nitrogens with zero attached hydrogens (tertiary/aromatic N) is 2. The topological polar surface area (TPSA) is 128 Å². The zero-order chi connectivity index (χ0) is 18.7. The SMILES string of the molecule is COC(=O)[C@@H]1[C@@H](O)CCN1C(=O)c1cc(OC)c(OC)cc1[N+](=O)[O-].